The first-order chi connectivity index (χ1) is 9.20. The molecule has 1 aromatic rings. The van der Waals surface area contributed by atoms with Gasteiger partial charge in [-0.2, -0.15) is 0 Å². The Morgan fingerprint density at radius 3 is 2.80 bits per heavy atom. The van der Waals surface area contributed by atoms with Crippen LogP contribution in [0.1, 0.15) is 31.2 Å². The molecule has 0 spiro atoms. The fourth-order valence-electron chi connectivity index (χ4n) is 2.81. The van der Waals surface area contributed by atoms with Crippen LogP contribution in [0.4, 0.5) is 4.39 Å². The molecular formula is C15H20ClFN2O. The van der Waals surface area contributed by atoms with Gasteiger partial charge in [0.15, 0.2) is 0 Å². The first-order valence-electron chi connectivity index (χ1n) is 6.98. The quantitative estimate of drug-likeness (QED) is 0.899. The molecule has 0 radical (unpaired) electrons. The van der Waals surface area contributed by atoms with Crippen LogP contribution in [0, 0.1) is 11.7 Å². The van der Waals surface area contributed by atoms with Crippen molar-refractivity contribution < 1.29 is 9.18 Å². The molecule has 1 atom stereocenters. The van der Waals surface area contributed by atoms with Crippen LogP contribution in [-0.4, -0.2) is 19.0 Å². The Morgan fingerprint density at radius 2 is 2.20 bits per heavy atom. The summed E-state index contributed by atoms with van der Waals surface area (Å²) in [5.74, 6) is -0.0777. The molecule has 2 aliphatic rings. The van der Waals surface area contributed by atoms with Gasteiger partial charge in [-0.25, -0.2) is 4.39 Å². The summed E-state index contributed by atoms with van der Waals surface area (Å²) in [5.41, 5.74) is 0.584. The van der Waals surface area contributed by atoms with E-state index in [9.17, 15) is 9.18 Å². The number of nitrogens with one attached hydrogen (secondary N) is 2. The topological polar surface area (TPSA) is 41.1 Å². The number of rotatable bonds is 3. The van der Waals surface area contributed by atoms with Gasteiger partial charge in [-0.3, -0.25) is 4.79 Å². The molecular weight excluding hydrogens is 279 g/mol. The van der Waals surface area contributed by atoms with Crippen LogP contribution in [0.3, 0.4) is 0 Å². The number of carbonyl (C=O) groups excluding carboxylic acids is 1. The van der Waals surface area contributed by atoms with Gasteiger partial charge in [-0.15, -0.1) is 12.4 Å². The van der Waals surface area contributed by atoms with Crippen LogP contribution in [-0.2, 0) is 10.3 Å². The molecule has 1 aliphatic heterocycles. The van der Waals surface area contributed by atoms with Gasteiger partial charge in [0, 0.05) is 6.54 Å². The predicted octanol–water partition coefficient (Wildman–Crippen LogP) is 2.35. The molecule has 3 rings (SSSR count). The third-order valence-corrected chi connectivity index (χ3v) is 4.16. The molecule has 2 fully saturated rings. The van der Waals surface area contributed by atoms with Gasteiger partial charge in [-0.1, -0.05) is 12.1 Å². The van der Waals surface area contributed by atoms with Gasteiger partial charge in [0.05, 0.1) is 11.5 Å². The third-order valence-electron chi connectivity index (χ3n) is 4.16. The summed E-state index contributed by atoms with van der Waals surface area (Å²) in [6.07, 6.45) is 3.80. The van der Waals surface area contributed by atoms with Crippen molar-refractivity contribution in [1.82, 2.24) is 10.6 Å². The molecule has 20 heavy (non-hydrogen) atoms. The van der Waals surface area contributed by atoms with E-state index in [1.54, 1.807) is 6.07 Å². The molecule has 5 heteroatoms. The van der Waals surface area contributed by atoms with Gasteiger partial charge < -0.3 is 10.6 Å². The number of halogens is 2. The summed E-state index contributed by atoms with van der Waals surface area (Å²) in [5, 5.41) is 6.38. The highest BCUT2D eigenvalue weighted by Crippen LogP contribution is 2.45. The molecule has 1 heterocycles. The highest BCUT2D eigenvalue weighted by Gasteiger charge is 2.46. The fourth-order valence-corrected chi connectivity index (χ4v) is 2.81. The van der Waals surface area contributed by atoms with Crippen LogP contribution >= 0.6 is 12.4 Å². The minimum atomic E-state index is -0.309. The number of hydrogen-bond acceptors (Lipinski definition) is 2. The summed E-state index contributed by atoms with van der Waals surface area (Å²) in [7, 11) is 0. The van der Waals surface area contributed by atoms with E-state index in [4.69, 9.17) is 0 Å². The van der Waals surface area contributed by atoms with Gasteiger partial charge in [-0.05, 0) is 49.9 Å². The van der Waals surface area contributed by atoms with Crippen LogP contribution in [0.15, 0.2) is 24.3 Å². The van der Waals surface area contributed by atoms with Crippen molar-refractivity contribution >= 4 is 18.3 Å². The van der Waals surface area contributed by atoms with Crippen molar-refractivity contribution in [2.75, 3.05) is 13.1 Å². The van der Waals surface area contributed by atoms with E-state index < -0.39 is 0 Å². The number of benzene rings is 1. The number of hydrogen-bond donors (Lipinski definition) is 2. The van der Waals surface area contributed by atoms with E-state index in [1.165, 1.54) is 12.1 Å². The average Bonchev–Trinajstić information content (AvgIpc) is 3.21. The van der Waals surface area contributed by atoms with Crippen LogP contribution in [0.5, 0.6) is 0 Å². The first kappa shape index (κ1) is 15.3. The minimum absolute atomic E-state index is 0. The fraction of sp³-hybridized carbons (Fsp3) is 0.533. The molecule has 3 nitrogen and oxygen atoms in total. The van der Waals surface area contributed by atoms with Gasteiger partial charge >= 0.3 is 0 Å². The van der Waals surface area contributed by atoms with Crippen molar-refractivity contribution in [3.05, 3.63) is 35.6 Å². The summed E-state index contributed by atoms with van der Waals surface area (Å²) in [6, 6.07) is 6.58. The summed E-state index contributed by atoms with van der Waals surface area (Å²) in [6.45, 7) is 1.75. The largest absolute Gasteiger partial charge is 0.346 e. The smallest absolute Gasteiger partial charge is 0.225 e. The van der Waals surface area contributed by atoms with Crippen LogP contribution in [0.25, 0.3) is 0 Å². The third kappa shape index (κ3) is 3.13. The van der Waals surface area contributed by atoms with Crippen molar-refractivity contribution in [3.8, 4) is 0 Å². The second-order valence-electron chi connectivity index (χ2n) is 5.62. The molecule has 110 valence electrons. The van der Waals surface area contributed by atoms with E-state index in [0.717, 1.165) is 44.3 Å². The second kappa shape index (κ2) is 6.10. The van der Waals surface area contributed by atoms with Crippen LogP contribution in [0.2, 0.25) is 0 Å². The van der Waals surface area contributed by atoms with E-state index in [-0.39, 0.29) is 35.6 Å². The SMILES string of the molecule is Cl.O=C(NC1(c2cccc(F)c2)CC1)C1CCCNC1. The Morgan fingerprint density at radius 1 is 1.40 bits per heavy atom. The predicted molar refractivity (Wildman–Crippen MR) is 78.3 cm³/mol. The zero-order valence-electron chi connectivity index (χ0n) is 11.3. The highest BCUT2D eigenvalue weighted by molar-refractivity contribution is 5.85. The zero-order valence-corrected chi connectivity index (χ0v) is 12.1. The van der Waals surface area contributed by atoms with Crippen molar-refractivity contribution in [3.63, 3.8) is 0 Å². The molecule has 1 amide bonds. The number of piperidine rings is 1. The van der Waals surface area contributed by atoms with E-state index in [0.29, 0.717) is 0 Å². The Labute approximate surface area is 124 Å². The molecule has 1 saturated heterocycles. The molecule has 0 bridgehead atoms. The lowest BCUT2D eigenvalue weighted by atomic mass is 9.97. The Hall–Kier alpha value is -1.13. The van der Waals surface area contributed by atoms with Crippen LogP contribution < -0.4 is 10.6 Å². The Bertz CT molecular complexity index is 485. The zero-order chi connectivity index (χ0) is 13.3. The summed E-state index contributed by atoms with van der Waals surface area (Å²) < 4.78 is 13.3. The van der Waals surface area contributed by atoms with Crippen molar-refractivity contribution in [2.24, 2.45) is 5.92 Å². The maximum Gasteiger partial charge on any atom is 0.225 e. The van der Waals surface area contributed by atoms with Gasteiger partial charge in [0.2, 0.25) is 5.91 Å². The van der Waals surface area contributed by atoms with E-state index >= 15 is 0 Å². The summed E-state index contributed by atoms with van der Waals surface area (Å²) >= 11 is 0. The van der Waals surface area contributed by atoms with E-state index in [2.05, 4.69) is 10.6 Å². The normalized spacial score (nSPS) is 23.6. The number of carbonyl (C=O) groups is 1. The number of amides is 1. The molecule has 1 aliphatic carbocycles. The van der Waals surface area contributed by atoms with Crippen molar-refractivity contribution in [1.29, 1.82) is 0 Å². The maximum atomic E-state index is 13.3. The summed E-state index contributed by atoms with van der Waals surface area (Å²) in [4.78, 5) is 12.3. The molecule has 2 N–H and O–H groups in total. The maximum absolute atomic E-state index is 13.3. The van der Waals surface area contributed by atoms with Gasteiger partial charge in [0.25, 0.3) is 0 Å². The second-order valence-corrected chi connectivity index (χ2v) is 5.62. The molecule has 0 aromatic heterocycles. The van der Waals surface area contributed by atoms with Gasteiger partial charge in [0.1, 0.15) is 5.82 Å². The molecule has 1 saturated carbocycles. The minimum Gasteiger partial charge on any atom is -0.346 e. The molecule has 1 unspecified atom stereocenters. The molecule has 1 aromatic carbocycles. The monoisotopic (exact) mass is 298 g/mol. The first-order valence-corrected chi connectivity index (χ1v) is 6.98. The Kier molecular flexibility index (Phi) is 4.66. The average molecular weight is 299 g/mol. The van der Waals surface area contributed by atoms with Crippen molar-refractivity contribution in [2.45, 2.75) is 31.2 Å². The lowest BCUT2D eigenvalue weighted by Gasteiger charge is -2.25. The lowest BCUT2D eigenvalue weighted by molar-refractivity contribution is -0.126. The Balaban J connectivity index is 0.00000147. The lowest BCUT2D eigenvalue weighted by Crippen LogP contribution is -2.44. The van der Waals surface area contributed by atoms with E-state index in [1.807, 2.05) is 6.07 Å². The standard InChI is InChI=1S/C15H19FN2O.ClH/c16-13-5-1-4-12(9-13)15(6-7-15)18-14(19)11-3-2-8-17-10-11;/h1,4-5,9,11,17H,2-3,6-8,10H2,(H,18,19);1H. The highest BCUT2D eigenvalue weighted by atomic mass is 35.5.